The van der Waals surface area contributed by atoms with Crippen LogP contribution in [0.2, 0.25) is 10.0 Å². The van der Waals surface area contributed by atoms with Crippen molar-refractivity contribution in [2.45, 2.75) is 19.6 Å². The van der Waals surface area contributed by atoms with Crippen molar-refractivity contribution in [3.05, 3.63) is 57.6 Å². The zero-order valence-electron chi connectivity index (χ0n) is 11.9. The molecule has 0 spiro atoms. The summed E-state index contributed by atoms with van der Waals surface area (Å²) in [5, 5.41) is 1.24. The summed E-state index contributed by atoms with van der Waals surface area (Å²) < 4.78 is 11.1. The Kier molecular flexibility index (Phi) is 5.34. The molecule has 0 fully saturated rings. The summed E-state index contributed by atoms with van der Waals surface area (Å²) in [4.78, 5) is 0. The van der Waals surface area contributed by atoms with E-state index in [9.17, 15) is 0 Å². The zero-order valence-corrected chi connectivity index (χ0v) is 13.4. The van der Waals surface area contributed by atoms with Crippen molar-refractivity contribution in [3.63, 3.8) is 0 Å². The molecule has 0 heterocycles. The van der Waals surface area contributed by atoms with Crippen molar-refractivity contribution in [2.75, 3.05) is 7.11 Å². The molecule has 0 bridgehead atoms. The first-order valence-corrected chi connectivity index (χ1v) is 7.27. The van der Waals surface area contributed by atoms with Crippen LogP contribution in [0.3, 0.4) is 0 Å². The number of hydrogen-bond donors (Lipinski definition) is 1. The summed E-state index contributed by atoms with van der Waals surface area (Å²) in [5.41, 5.74) is 7.67. The number of halogens is 2. The lowest BCUT2D eigenvalue weighted by Crippen LogP contribution is -2.06. The predicted octanol–water partition coefficient (Wildman–Crippen LogP) is 4.60. The molecule has 0 saturated carbocycles. The van der Waals surface area contributed by atoms with Crippen molar-refractivity contribution >= 4 is 23.2 Å². The van der Waals surface area contributed by atoms with E-state index in [2.05, 4.69) is 0 Å². The quantitative estimate of drug-likeness (QED) is 0.873. The molecule has 0 amide bonds. The lowest BCUT2D eigenvalue weighted by atomic mass is 10.1. The Morgan fingerprint density at radius 2 is 1.86 bits per heavy atom. The van der Waals surface area contributed by atoms with E-state index < -0.39 is 0 Å². The normalized spacial score (nSPS) is 12.0. The highest BCUT2D eigenvalue weighted by atomic mass is 35.5. The van der Waals surface area contributed by atoms with E-state index in [0.717, 1.165) is 11.1 Å². The van der Waals surface area contributed by atoms with Gasteiger partial charge >= 0.3 is 0 Å². The molecular formula is C16H17Cl2NO2. The maximum atomic E-state index is 6.12. The molecule has 112 valence electrons. The molecule has 0 saturated heterocycles. The van der Waals surface area contributed by atoms with Crippen LogP contribution >= 0.6 is 23.2 Å². The molecule has 2 N–H and O–H groups in total. The van der Waals surface area contributed by atoms with Gasteiger partial charge in [-0.1, -0.05) is 29.3 Å². The van der Waals surface area contributed by atoms with E-state index in [0.29, 0.717) is 28.2 Å². The Labute approximate surface area is 134 Å². The average molecular weight is 326 g/mol. The molecule has 0 aliphatic carbocycles. The summed E-state index contributed by atoms with van der Waals surface area (Å²) in [6.45, 7) is 2.23. The predicted molar refractivity (Wildman–Crippen MR) is 86.4 cm³/mol. The minimum atomic E-state index is -0.0599. The molecule has 0 aliphatic heterocycles. The third-order valence-corrected chi connectivity index (χ3v) is 3.71. The van der Waals surface area contributed by atoms with Gasteiger partial charge in [0.2, 0.25) is 0 Å². The SMILES string of the molecule is COc1cc([C@@H](C)N)ccc1OCc1cc(Cl)ccc1Cl. The van der Waals surface area contributed by atoms with Crippen LogP contribution in [0.4, 0.5) is 0 Å². The third kappa shape index (κ3) is 4.03. The van der Waals surface area contributed by atoms with Gasteiger partial charge in [-0.15, -0.1) is 0 Å². The van der Waals surface area contributed by atoms with Crippen LogP contribution in [0, 0.1) is 0 Å². The van der Waals surface area contributed by atoms with Gasteiger partial charge in [-0.2, -0.15) is 0 Å². The average Bonchev–Trinajstić information content (AvgIpc) is 2.47. The number of benzene rings is 2. The lowest BCUT2D eigenvalue weighted by Gasteiger charge is -2.14. The van der Waals surface area contributed by atoms with Gasteiger partial charge in [0, 0.05) is 21.7 Å². The topological polar surface area (TPSA) is 44.5 Å². The minimum absolute atomic E-state index is 0.0599. The molecule has 2 aromatic carbocycles. The van der Waals surface area contributed by atoms with Gasteiger partial charge in [0.15, 0.2) is 11.5 Å². The van der Waals surface area contributed by atoms with Gasteiger partial charge in [0.05, 0.1) is 7.11 Å². The van der Waals surface area contributed by atoms with E-state index in [1.54, 1.807) is 25.3 Å². The van der Waals surface area contributed by atoms with Gasteiger partial charge < -0.3 is 15.2 Å². The summed E-state index contributed by atoms with van der Waals surface area (Å²) >= 11 is 12.1. The van der Waals surface area contributed by atoms with E-state index in [1.807, 2.05) is 25.1 Å². The van der Waals surface area contributed by atoms with Crippen LogP contribution in [-0.4, -0.2) is 7.11 Å². The van der Waals surface area contributed by atoms with Crippen molar-refractivity contribution in [2.24, 2.45) is 5.73 Å². The highest BCUT2D eigenvalue weighted by Gasteiger charge is 2.09. The van der Waals surface area contributed by atoms with E-state index >= 15 is 0 Å². The number of ether oxygens (including phenoxy) is 2. The van der Waals surface area contributed by atoms with E-state index in [1.165, 1.54) is 0 Å². The molecule has 1 atom stereocenters. The number of hydrogen-bond acceptors (Lipinski definition) is 3. The molecule has 0 unspecified atom stereocenters. The van der Waals surface area contributed by atoms with Gasteiger partial charge in [0.25, 0.3) is 0 Å². The first kappa shape index (κ1) is 16.0. The molecular weight excluding hydrogens is 309 g/mol. The number of nitrogens with two attached hydrogens (primary N) is 1. The van der Waals surface area contributed by atoms with Crippen molar-refractivity contribution < 1.29 is 9.47 Å². The highest BCUT2D eigenvalue weighted by Crippen LogP contribution is 2.31. The van der Waals surface area contributed by atoms with E-state index in [4.69, 9.17) is 38.4 Å². The van der Waals surface area contributed by atoms with Crippen LogP contribution in [0.25, 0.3) is 0 Å². The minimum Gasteiger partial charge on any atom is -0.493 e. The van der Waals surface area contributed by atoms with E-state index in [-0.39, 0.29) is 6.04 Å². The van der Waals surface area contributed by atoms with Crippen LogP contribution in [0.5, 0.6) is 11.5 Å². The second-order valence-electron chi connectivity index (χ2n) is 4.72. The first-order chi connectivity index (χ1) is 10.0. The fraction of sp³-hybridized carbons (Fsp3) is 0.250. The van der Waals surface area contributed by atoms with Crippen LogP contribution in [0.1, 0.15) is 24.1 Å². The zero-order chi connectivity index (χ0) is 15.4. The number of methoxy groups -OCH3 is 1. The lowest BCUT2D eigenvalue weighted by molar-refractivity contribution is 0.284. The van der Waals surface area contributed by atoms with Crippen LogP contribution in [-0.2, 0) is 6.61 Å². The van der Waals surface area contributed by atoms with Crippen LogP contribution in [0.15, 0.2) is 36.4 Å². The monoisotopic (exact) mass is 325 g/mol. The standard InChI is InChI=1S/C16H17Cl2NO2/c1-10(19)11-3-6-15(16(8-11)20-2)21-9-12-7-13(17)4-5-14(12)18/h3-8,10H,9,19H2,1-2H3/t10-/m1/s1. The fourth-order valence-corrected chi connectivity index (χ4v) is 2.26. The van der Waals surface area contributed by atoms with Crippen molar-refractivity contribution in [1.82, 2.24) is 0 Å². The summed E-state index contributed by atoms with van der Waals surface area (Å²) in [7, 11) is 1.60. The molecule has 3 nitrogen and oxygen atoms in total. The Hall–Kier alpha value is -1.42. The Morgan fingerprint density at radius 3 is 2.52 bits per heavy atom. The molecule has 21 heavy (non-hydrogen) atoms. The first-order valence-electron chi connectivity index (χ1n) is 6.51. The largest absolute Gasteiger partial charge is 0.493 e. The smallest absolute Gasteiger partial charge is 0.161 e. The van der Waals surface area contributed by atoms with Gasteiger partial charge in [-0.05, 0) is 42.8 Å². The molecule has 2 aromatic rings. The van der Waals surface area contributed by atoms with Gasteiger partial charge in [0.1, 0.15) is 6.61 Å². The highest BCUT2D eigenvalue weighted by molar-refractivity contribution is 6.33. The Morgan fingerprint density at radius 1 is 1.10 bits per heavy atom. The maximum Gasteiger partial charge on any atom is 0.161 e. The molecule has 0 radical (unpaired) electrons. The second kappa shape index (κ2) is 7.03. The maximum absolute atomic E-state index is 6.12. The van der Waals surface area contributed by atoms with Gasteiger partial charge in [-0.3, -0.25) is 0 Å². The second-order valence-corrected chi connectivity index (χ2v) is 5.57. The Bertz CT molecular complexity index is 630. The summed E-state index contributed by atoms with van der Waals surface area (Å²) in [5.74, 6) is 1.28. The number of rotatable bonds is 5. The Balaban J connectivity index is 2.18. The van der Waals surface area contributed by atoms with Crippen LogP contribution < -0.4 is 15.2 Å². The molecule has 5 heteroatoms. The summed E-state index contributed by atoms with van der Waals surface area (Å²) in [6, 6.07) is 10.9. The van der Waals surface area contributed by atoms with Gasteiger partial charge in [-0.25, -0.2) is 0 Å². The fourth-order valence-electron chi connectivity index (χ4n) is 1.90. The molecule has 2 rings (SSSR count). The van der Waals surface area contributed by atoms with Crippen molar-refractivity contribution in [1.29, 1.82) is 0 Å². The molecule has 0 aromatic heterocycles. The summed E-state index contributed by atoms with van der Waals surface area (Å²) in [6.07, 6.45) is 0. The molecule has 0 aliphatic rings. The van der Waals surface area contributed by atoms with Crippen molar-refractivity contribution in [3.8, 4) is 11.5 Å². The third-order valence-electron chi connectivity index (χ3n) is 3.10.